The third-order valence-electron chi connectivity index (χ3n) is 4.47. The molecule has 0 bridgehead atoms. The third kappa shape index (κ3) is 3.69. The van der Waals surface area contributed by atoms with Gasteiger partial charge in [0.05, 0.1) is 21.3 Å². The summed E-state index contributed by atoms with van der Waals surface area (Å²) in [4.78, 5) is 16.9. The molecule has 1 aliphatic rings. The molecule has 0 N–H and O–H groups in total. The summed E-state index contributed by atoms with van der Waals surface area (Å²) in [6.07, 6.45) is 1.98. The van der Waals surface area contributed by atoms with Gasteiger partial charge in [0.25, 0.3) is 5.91 Å². The number of amides is 1. The summed E-state index contributed by atoms with van der Waals surface area (Å²) in [6, 6.07) is 3.67. The van der Waals surface area contributed by atoms with Gasteiger partial charge >= 0.3 is 0 Å². The highest BCUT2D eigenvalue weighted by Gasteiger charge is 2.26. The van der Waals surface area contributed by atoms with Crippen molar-refractivity contribution in [3.63, 3.8) is 0 Å². The molecule has 1 aromatic rings. The molecule has 0 saturated carbocycles. The maximum Gasteiger partial charge on any atom is 0.254 e. The molecule has 0 spiro atoms. The van der Waals surface area contributed by atoms with Crippen molar-refractivity contribution in [2.45, 2.75) is 18.9 Å². The number of rotatable bonds is 5. The van der Waals surface area contributed by atoms with E-state index in [4.69, 9.17) is 14.2 Å². The predicted molar refractivity (Wildman–Crippen MR) is 88.7 cm³/mol. The van der Waals surface area contributed by atoms with Gasteiger partial charge in [-0.25, -0.2) is 0 Å². The van der Waals surface area contributed by atoms with E-state index in [2.05, 4.69) is 11.9 Å². The smallest absolute Gasteiger partial charge is 0.254 e. The van der Waals surface area contributed by atoms with Crippen LogP contribution in [-0.2, 0) is 0 Å². The van der Waals surface area contributed by atoms with Gasteiger partial charge in [0.1, 0.15) is 0 Å². The van der Waals surface area contributed by atoms with Crippen molar-refractivity contribution in [3.05, 3.63) is 17.7 Å². The number of nitrogens with zero attached hydrogens (tertiary/aromatic N) is 2. The van der Waals surface area contributed by atoms with E-state index < -0.39 is 0 Å². The maximum absolute atomic E-state index is 12.8. The van der Waals surface area contributed by atoms with E-state index >= 15 is 0 Å². The molecule has 128 valence electrons. The van der Waals surface area contributed by atoms with E-state index in [0.29, 0.717) is 22.8 Å². The van der Waals surface area contributed by atoms with Crippen LogP contribution < -0.4 is 14.2 Å². The number of carbonyl (C=O) groups excluding carboxylic acids is 1. The molecule has 23 heavy (non-hydrogen) atoms. The Kier molecular flexibility index (Phi) is 5.71. The van der Waals surface area contributed by atoms with Crippen LogP contribution in [0.3, 0.4) is 0 Å². The molecule has 0 atom stereocenters. The standard InChI is InChI=1S/C17H26N2O4/c1-18-8-6-13(7-9-18)19(2)17(20)12-10-14(21-3)16(23-5)15(11-12)22-4/h10-11,13H,6-9H2,1-5H3. The Hall–Kier alpha value is -1.95. The average molecular weight is 322 g/mol. The van der Waals surface area contributed by atoms with Crippen LogP contribution in [0.15, 0.2) is 12.1 Å². The summed E-state index contributed by atoms with van der Waals surface area (Å²) in [5.74, 6) is 1.45. The van der Waals surface area contributed by atoms with E-state index in [1.807, 2.05) is 11.9 Å². The highest BCUT2D eigenvalue weighted by Crippen LogP contribution is 2.38. The molecular formula is C17H26N2O4. The molecule has 6 nitrogen and oxygen atoms in total. The quantitative estimate of drug-likeness (QED) is 0.828. The van der Waals surface area contributed by atoms with Gasteiger partial charge in [-0.15, -0.1) is 0 Å². The summed E-state index contributed by atoms with van der Waals surface area (Å²) >= 11 is 0. The Morgan fingerprint density at radius 3 is 2.04 bits per heavy atom. The number of hydrogen-bond donors (Lipinski definition) is 0. The van der Waals surface area contributed by atoms with Crippen molar-refractivity contribution < 1.29 is 19.0 Å². The van der Waals surface area contributed by atoms with Crippen LogP contribution in [0.2, 0.25) is 0 Å². The predicted octanol–water partition coefficient (Wildman–Crippen LogP) is 1.88. The summed E-state index contributed by atoms with van der Waals surface area (Å²) in [5.41, 5.74) is 0.543. The molecule has 1 aliphatic heterocycles. The zero-order valence-corrected chi connectivity index (χ0v) is 14.6. The van der Waals surface area contributed by atoms with E-state index in [1.54, 1.807) is 33.5 Å². The zero-order valence-electron chi connectivity index (χ0n) is 14.6. The topological polar surface area (TPSA) is 51.2 Å². The second-order valence-electron chi connectivity index (χ2n) is 5.86. The normalized spacial score (nSPS) is 16.0. The van der Waals surface area contributed by atoms with E-state index in [-0.39, 0.29) is 11.9 Å². The number of likely N-dealkylation sites (tertiary alicyclic amines) is 1. The number of methoxy groups -OCH3 is 3. The van der Waals surface area contributed by atoms with Gasteiger partial charge in [-0.05, 0) is 45.1 Å². The fraction of sp³-hybridized carbons (Fsp3) is 0.588. The highest BCUT2D eigenvalue weighted by molar-refractivity contribution is 5.95. The Morgan fingerprint density at radius 2 is 1.61 bits per heavy atom. The SMILES string of the molecule is COc1cc(C(=O)N(C)C2CCN(C)CC2)cc(OC)c1OC. The monoisotopic (exact) mass is 322 g/mol. The first kappa shape index (κ1) is 17.4. The molecular weight excluding hydrogens is 296 g/mol. The van der Waals surface area contributed by atoms with Crippen molar-refractivity contribution >= 4 is 5.91 Å². The number of carbonyl (C=O) groups is 1. The summed E-state index contributed by atoms with van der Waals surface area (Å²) in [5, 5.41) is 0. The number of hydrogen-bond acceptors (Lipinski definition) is 5. The van der Waals surface area contributed by atoms with Crippen LogP contribution in [0.5, 0.6) is 17.2 Å². The van der Waals surface area contributed by atoms with Crippen molar-refractivity contribution in [2.24, 2.45) is 0 Å². The van der Waals surface area contributed by atoms with Gasteiger partial charge in [0.15, 0.2) is 11.5 Å². The fourth-order valence-electron chi connectivity index (χ4n) is 2.96. The largest absolute Gasteiger partial charge is 0.493 e. The van der Waals surface area contributed by atoms with E-state index in [1.165, 1.54) is 0 Å². The van der Waals surface area contributed by atoms with Gasteiger partial charge < -0.3 is 24.0 Å². The molecule has 1 saturated heterocycles. The summed E-state index contributed by atoms with van der Waals surface area (Å²) in [7, 11) is 8.61. The van der Waals surface area contributed by atoms with Crippen LogP contribution in [0, 0.1) is 0 Å². The van der Waals surface area contributed by atoms with Crippen molar-refractivity contribution in [2.75, 3.05) is 48.5 Å². The van der Waals surface area contributed by atoms with Gasteiger partial charge in [0, 0.05) is 18.7 Å². The maximum atomic E-state index is 12.8. The van der Waals surface area contributed by atoms with Crippen LogP contribution in [0.1, 0.15) is 23.2 Å². The lowest BCUT2D eigenvalue weighted by Crippen LogP contribution is -2.44. The zero-order chi connectivity index (χ0) is 17.0. The minimum Gasteiger partial charge on any atom is -0.493 e. The lowest BCUT2D eigenvalue weighted by Gasteiger charge is -2.35. The van der Waals surface area contributed by atoms with Crippen molar-refractivity contribution in [1.29, 1.82) is 0 Å². The molecule has 6 heteroatoms. The van der Waals surface area contributed by atoms with Crippen LogP contribution in [-0.4, -0.2) is 70.3 Å². The van der Waals surface area contributed by atoms with E-state index in [9.17, 15) is 4.79 Å². The van der Waals surface area contributed by atoms with Crippen LogP contribution in [0.25, 0.3) is 0 Å². The first-order valence-corrected chi connectivity index (χ1v) is 7.77. The molecule has 1 heterocycles. The molecule has 1 amide bonds. The second-order valence-corrected chi connectivity index (χ2v) is 5.86. The second kappa shape index (κ2) is 7.55. The Bertz CT molecular complexity index is 529. The number of ether oxygens (including phenoxy) is 3. The van der Waals surface area contributed by atoms with Crippen LogP contribution in [0.4, 0.5) is 0 Å². The lowest BCUT2D eigenvalue weighted by atomic mass is 10.0. The average Bonchev–Trinajstić information content (AvgIpc) is 2.59. The Morgan fingerprint density at radius 1 is 1.09 bits per heavy atom. The molecule has 0 aromatic heterocycles. The first-order valence-electron chi connectivity index (χ1n) is 7.77. The van der Waals surface area contributed by atoms with E-state index in [0.717, 1.165) is 25.9 Å². The molecule has 0 aliphatic carbocycles. The van der Waals surface area contributed by atoms with Crippen molar-refractivity contribution in [3.8, 4) is 17.2 Å². The minimum absolute atomic E-state index is 0.0289. The number of benzene rings is 1. The fourth-order valence-corrected chi connectivity index (χ4v) is 2.96. The Labute approximate surface area is 137 Å². The molecule has 1 fully saturated rings. The van der Waals surface area contributed by atoms with Gasteiger partial charge in [-0.2, -0.15) is 0 Å². The van der Waals surface area contributed by atoms with Crippen molar-refractivity contribution in [1.82, 2.24) is 9.80 Å². The van der Waals surface area contributed by atoms with Gasteiger partial charge in [0.2, 0.25) is 5.75 Å². The first-order chi connectivity index (χ1) is 11.0. The highest BCUT2D eigenvalue weighted by atomic mass is 16.5. The summed E-state index contributed by atoms with van der Waals surface area (Å²) in [6.45, 7) is 2.02. The third-order valence-corrected chi connectivity index (χ3v) is 4.47. The lowest BCUT2D eigenvalue weighted by molar-refractivity contribution is 0.0659. The van der Waals surface area contributed by atoms with Crippen LogP contribution >= 0.6 is 0 Å². The van der Waals surface area contributed by atoms with Gasteiger partial charge in [-0.1, -0.05) is 0 Å². The molecule has 1 aromatic carbocycles. The minimum atomic E-state index is -0.0289. The molecule has 0 radical (unpaired) electrons. The molecule has 0 unspecified atom stereocenters. The number of piperidine rings is 1. The molecule has 2 rings (SSSR count). The van der Waals surface area contributed by atoms with Gasteiger partial charge in [-0.3, -0.25) is 4.79 Å². The summed E-state index contributed by atoms with van der Waals surface area (Å²) < 4.78 is 16.0. The Balaban J connectivity index is 2.24.